The van der Waals surface area contributed by atoms with Crippen molar-refractivity contribution in [2.45, 2.75) is 17.9 Å². The van der Waals surface area contributed by atoms with Crippen LogP contribution in [0.4, 0.5) is 0 Å². The minimum atomic E-state index is -3.18. The van der Waals surface area contributed by atoms with Crippen LogP contribution in [-0.4, -0.2) is 51.3 Å². The molecule has 1 heterocycles. The monoisotopic (exact) mass is 346 g/mol. The lowest BCUT2D eigenvalue weighted by Gasteiger charge is -2.31. The molecule has 0 bridgehead atoms. The summed E-state index contributed by atoms with van der Waals surface area (Å²) in [5.74, 6) is 0.182. The summed E-state index contributed by atoms with van der Waals surface area (Å²) in [6, 6.07) is 7.27. The maximum Gasteiger partial charge on any atom is 0.179 e. The average molecular weight is 347 g/mol. The van der Waals surface area contributed by atoms with E-state index < -0.39 is 9.84 Å². The molecule has 2 rings (SSSR count). The van der Waals surface area contributed by atoms with Gasteiger partial charge >= 0.3 is 0 Å². The third-order valence-electron chi connectivity index (χ3n) is 3.30. The van der Waals surface area contributed by atoms with Gasteiger partial charge in [0.1, 0.15) is 0 Å². The van der Waals surface area contributed by atoms with Crippen LogP contribution in [0.3, 0.4) is 0 Å². The molecule has 0 aliphatic carbocycles. The predicted octanol–water partition coefficient (Wildman–Crippen LogP) is 1.52. The largest absolute Gasteiger partial charge is 0.312 e. The summed E-state index contributed by atoms with van der Waals surface area (Å²) in [4.78, 5) is 2.61. The van der Waals surface area contributed by atoms with Crippen LogP contribution in [0.1, 0.15) is 6.92 Å². The minimum Gasteiger partial charge on any atom is -0.312 e. The summed E-state index contributed by atoms with van der Waals surface area (Å²) < 4.78 is 25.3. The SMILES string of the molecule is C[C@H]1CN(CCS(=O)(=O)c2ccc(Br)cc2)CCN1. The van der Waals surface area contributed by atoms with Crippen molar-refractivity contribution < 1.29 is 8.42 Å². The lowest BCUT2D eigenvalue weighted by atomic mass is 10.2. The first-order valence-corrected chi connectivity index (χ1v) is 8.86. The maximum atomic E-state index is 12.2. The Morgan fingerprint density at radius 3 is 2.68 bits per heavy atom. The van der Waals surface area contributed by atoms with Crippen molar-refractivity contribution in [2.24, 2.45) is 0 Å². The first-order chi connectivity index (χ1) is 8.97. The van der Waals surface area contributed by atoms with Crippen LogP contribution in [-0.2, 0) is 9.84 Å². The van der Waals surface area contributed by atoms with Gasteiger partial charge in [-0.05, 0) is 31.2 Å². The number of piperazine rings is 1. The third kappa shape index (κ3) is 4.27. The quantitative estimate of drug-likeness (QED) is 0.897. The molecule has 19 heavy (non-hydrogen) atoms. The molecule has 1 aromatic rings. The Balaban J connectivity index is 1.96. The van der Waals surface area contributed by atoms with Crippen molar-refractivity contribution in [3.8, 4) is 0 Å². The highest BCUT2D eigenvalue weighted by Crippen LogP contribution is 2.16. The zero-order valence-electron chi connectivity index (χ0n) is 11.0. The highest BCUT2D eigenvalue weighted by atomic mass is 79.9. The number of nitrogens with zero attached hydrogens (tertiary/aromatic N) is 1. The predicted molar refractivity (Wildman–Crippen MR) is 80.1 cm³/mol. The van der Waals surface area contributed by atoms with Crippen molar-refractivity contribution >= 4 is 25.8 Å². The van der Waals surface area contributed by atoms with Crippen LogP contribution < -0.4 is 5.32 Å². The Morgan fingerprint density at radius 2 is 2.05 bits per heavy atom. The Hall–Kier alpha value is -0.430. The standard InChI is InChI=1S/C13H19BrN2O2S/c1-11-10-16(7-6-15-11)8-9-19(17,18)13-4-2-12(14)3-5-13/h2-5,11,15H,6-10H2,1H3/t11-/m0/s1. The van der Waals surface area contributed by atoms with Crippen molar-refractivity contribution in [1.29, 1.82) is 0 Å². The molecule has 0 radical (unpaired) electrons. The molecule has 1 aliphatic rings. The number of rotatable bonds is 4. The van der Waals surface area contributed by atoms with Gasteiger partial charge in [0.05, 0.1) is 10.6 Å². The van der Waals surface area contributed by atoms with E-state index in [0.717, 1.165) is 24.1 Å². The van der Waals surface area contributed by atoms with Crippen molar-refractivity contribution in [2.75, 3.05) is 31.9 Å². The van der Waals surface area contributed by atoms with E-state index in [1.54, 1.807) is 24.3 Å². The number of sulfone groups is 1. The summed E-state index contributed by atoms with van der Waals surface area (Å²) in [6.07, 6.45) is 0. The molecular weight excluding hydrogens is 328 g/mol. The van der Waals surface area contributed by atoms with E-state index in [9.17, 15) is 8.42 Å². The second kappa shape index (κ2) is 6.35. The first kappa shape index (κ1) is 15.0. The summed E-state index contributed by atoms with van der Waals surface area (Å²) in [5, 5.41) is 3.35. The number of halogens is 1. The molecule has 1 fully saturated rings. The molecule has 1 atom stereocenters. The fourth-order valence-corrected chi connectivity index (χ4v) is 3.77. The van der Waals surface area contributed by atoms with Gasteiger partial charge in [0.15, 0.2) is 9.84 Å². The number of hydrogen-bond acceptors (Lipinski definition) is 4. The second-order valence-corrected chi connectivity index (χ2v) is 7.95. The molecular formula is C13H19BrN2O2S. The van der Waals surface area contributed by atoms with Crippen LogP contribution in [0.2, 0.25) is 0 Å². The van der Waals surface area contributed by atoms with Crippen molar-refractivity contribution in [1.82, 2.24) is 10.2 Å². The zero-order valence-corrected chi connectivity index (χ0v) is 13.4. The Bertz CT molecular complexity index is 516. The molecule has 106 valence electrons. The van der Waals surface area contributed by atoms with E-state index in [2.05, 4.69) is 33.1 Å². The highest BCUT2D eigenvalue weighted by Gasteiger charge is 2.19. The smallest absolute Gasteiger partial charge is 0.179 e. The molecule has 0 saturated carbocycles. The Morgan fingerprint density at radius 1 is 1.37 bits per heavy atom. The maximum absolute atomic E-state index is 12.2. The van der Waals surface area contributed by atoms with Crippen LogP contribution in [0.5, 0.6) is 0 Å². The van der Waals surface area contributed by atoms with Gasteiger partial charge in [-0.1, -0.05) is 15.9 Å². The molecule has 1 saturated heterocycles. The van der Waals surface area contributed by atoms with E-state index in [1.807, 2.05) is 0 Å². The van der Waals surface area contributed by atoms with Crippen molar-refractivity contribution in [3.63, 3.8) is 0 Å². The molecule has 0 aromatic heterocycles. The van der Waals surface area contributed by atoms with E-state index in [1.165, 1.54) is 0 Å². The summed E-state index contributed by atoms with van der Waals surface area (Å²) >= 11 is 3.31. The van der Waals surface area contributed by atoms with Crippen molar-refractivity contribution in [3.05, 3.63) is 28.7 Å². The van der Waals surface area contributed by atoms with E-state index >= 15 is 0 Å². The fourth-order valence-electron chi connectivity index (χ4n) is 2.22. The normalized spacial score (nSPS) is 21.5. The minimum absolute atomic E-state index is 0.182. The molecule has 0 spiro atoms. The van der Waals surface area contributed by atoms with Crippen LogP contribution in [0.25, 0.3) is 0 Å². The highest BCUT2D eigenvalue weighted by molar-refractivity contribution is 9.10. The molecule has 0 unspecified atom stereocenters. The molecule has 1 aliphatic heterocycles. The van der Waals surface area contributed by atoms with E-state index in [0.29, 0.717) is 17.5 Å². The number of nitrogens with one attached hydrogen (secondary N) is 1. The fraction of sp³-hybridized carbons (Fsp3) is 0.538. The Kier molecular flexibility index (Phi) is 5.00. The number of benzene rings is 1. The van der Waals surface area contributed by atoms with Gasteiger partial charge < -0.3 is 5.32 Å². The summed E-state index contributed by atoms with van der Waals surface area (Å²) in [6.45, 7) is 5.48. The average Bonchev–Trinajstić information content (AvgIpc) is 2.37. The second-order valence-electron chi connectivity index (χ2n) is 4.93. The Labute approximate surface area is 123 Å². The third-order valence-corrected chi connectivity index (χ3v) is 5.54. The molecule has 4 nitrogen and oxygen atoms in total. The molecule has 1 aromatic carbocycles. The first-order valence-electron chi connectivity index (χ1n) is 6.41. The van der Waals surface area contributed by atoms with Gasteiger partial charge in [-0.25, -0.2) is 8.42 Å². The summed E-state index contributed by atoms with van der Waals surface area (Å²) in [7, 11) is -3.18. The van der Waals surface area contributed by atoms with Crippen LogP contribution in [0.15, 0.2) is 33.6 Å². The van der Waals surface area contributed by atoms with Crippen LogP contribution in [0, 0.1) is 0 Å². The van der Waals surface area contributed by atoms with E-state index in [4.69, 9.17) is 0 Å². The summed E-state index contributed by atoms with van der Waals surface area (Å²) in [5.41, 5.74) is 0. The van der Waals surface area contributed by atoms with Crippen LogP contribution >= 0.6 is 15.9 Å². The lowest BCUT2D eigenvalue weighted by molar-refractivity contribution is 0.217. The molecule has 6 heteroatoms. The molecule has 0 amide bonds. The van der Waals surface area contributed by atoms with Gasteiger partial charge in [-0.15, -0.1) is 0 Å². The van der Waals surface area contributed by atoms with Gasteiger partial charge in [-0.3, -0.25) is 4.90 Å². The van der Waals surface area contributed by atoms with Gasteiger partial charge in [-0.2, -0.15) is 0 Å². The molecule has 1 N–H and O–H groups in total. The lowest BCUT2D eigenvalue weighted by Crippen LogP contribution is -2.50. The topological polar surface area (TPSA) is 49.4 Å². The van der Waals surface area contributed by atoms with Gasteiger partial charge in [0.2, 0.25) is 0 Å². The van der Waals surface area contributed by atoms with E-state index in [-0.39, 0.29) is 5.75 Å². The number of hydrogen-bond donors (Lipinski definition) is 1. The van der Waals surface area contributed by atoms with Gasteiger partial charge in [0, 0.05) is 36.7 Å². The van der Waals surface area contributed by atoms with Gasteiger partial charge in [0.25, 0.3) is 0 Å². The zero-order chi connectivity index (χ0) is 13.9.